The molecular weight excluding hydrogens is 318 g/mol. The third-order valence-corrected chi connectivity index (χ3v) is 4.27. The SMILES string of the molecule is O=C(/C=C/c1cccc(S(=O)(=O)NCc2ccccn2)c1)NO. The van der Waals surface area contributed by atoms with Gasteiger partial charge in [0.2, 0.25) is 10.0 Å². The number of rotatable bonds is 6. The molecule has 2 rings (SSSR count). The lowest BCUT2D eigenvalue weighted by Crippen LogP contribution is -2.23. The van der Waals surface area contributed by atoms with Crippen molar-refractivity contribution in [2.45, 2.75) is 11.4 Å². The van der Waals surface area contributed by atoms with Crippen LogP contribution in [0.2, 0.25) is 0 Å². The predicted octanol–water partition coefficient (Wildman–Crippen LogP) is 1.08. The Labute approximate surface area is 133 Å². The monoisotopic (exact) mass is 333 g/mol. The molecule has 0 aliphatic rings. The molecule has 0 spiro atoms. The predicted molar refractivity (Wildman–Crippen MR) is 83.7 cm³/mol. The number of aromatic nitrogens is 1. The minimum atomic E-state index is -3.70. The lowest BCUT2D eigenvalue weighted by Gasteiger charge is -2.07. The van der Waals surface area contributed by atoms with E-state index in [1.165, 1.54) is 23.7 Å². The topological polar surface area (TPSA) is 108 Å². The van der Waals surface area contributed by atoms with Crippen LogP contribution in [0.5, 0.6) is 0 Å². The summed E-state index contributed by atoms with van der Waals surface area (Å²) >= 11 is 0. The Morgan fingerprint density at radius 3 is 2.74 bits per heavy atom. The number of carbonyl (C=O) groups is 1. The van der Waals surface area contributed by atoms with E-state index < -0.39 is 15.9 Å². The molecule has 23 heavy (non-hydrogen) atoms. The van der Waals surface area contributed by atoms with Gasteiger partial charge in [-0.2, -0.15) is 0 Å². The fraction of sp³-hybridized carbons (Fsp3) is 0.0667. The molecule has 0 aliphatic carbocycles. The van der Waals surface area contributed by atoms with Gasteiger partial charge >= 0.3 is 0 Å². The third kappa shape index (κ3) is 4.99. The smallest absolute Gasteiger partial charge is 0.267 e. The van der Waals surface area contributed by atoms with E-state index in [1.54, 1.807) is 36.5 Å². The summed E-state index contributed by atoms with van der Waals surface area (Å²) in [7, 11) is -3.70. The fourth-order valence-corrected chi connectivity index (χ4v) is 2.80. The van der Waals surface area contributed by atoms with Gasteiger partial charge in [-0.3, -0.25) is 15.0 Å². The zero-order valence-electron chi connectivity index (χ0n) is 12.0. The van der Waals surface area contributed by atoms with Crippen LogP contribution in [0.25, 0.3) is 6.08 Å². The van der Waals surface area contributed by atoms with E-state index >= 15 is 0 Å². The van der Waals surface area contributed by atoms with Crippen molar-refractivity contribution in [3.05, 3.63) is 66.0 Å². The average molecular weight is 333 g/mol. The van der Waals surface area contributed by atoms with Gasteiger partial charge in [0.1, 0.15) is 0 Å². The van der Waals surface area contributed by atoms with E-state index in [-0.39, 0.29) is 11.4 Å². The van der Waals surface area contributed by atoms with Crippen LogP contribution in [-0.4, -0.2) is 24.5 Å². The van der Waals surface area contributed by atoms with Gasteiger partial charge in [0, 0.05) is 12.3 Å². The minimum Gasteiger partial charge on any atom is -0.288 e. The summed E-state index contributed by atoms with van der Waals surface area (Å²) in [6.45, 7) is 0.0795. The summed E-state index contributed by atoms with van der Waals surface area (Å²) in [6, 6.07) is 11.3. The fourth-order valence-electron chi connectivity index (χ4n) is 1.75. The van der Waals surface area contributed by atoms with Gasteiger partial charge in [0.05, 0.1) is 17.1 Å². The lowest BCUT2D eigenvalue weighted by atomic mass is 10.2. The molecule has 3 N–H and O–H groups in total. The molecule has 2 aromatic rings. The standard InChI is InChI=1S/C15H15N3O4S/c19-15(18-20)8-7-12-4-3-6-14(10-12)23(21,22)17-11-13-5-1-2-9-16-13/h1-10,17,20H,11H2,(H,18,19)/b8-7+. The summed E-state index contributed by atoms with van der Waals surface area (Å²) < 4.78 is 27.0. The van der Waals surface area contributed by atoms with E-state index in [0.29, 0.717) is 11.3 Å². The van der Waals surface area contributed by atoms with Crippen molar-refractivity contribution >= 4 is 22.0 Å². The van der Waals surface area contributed by atoms with Crippen LogP contribution >= 0.6 is 0 Å². The maximum absolute atomic E-state index is 12.3. The number of nitrogens with zero attached hydrogens (tertiary/aromatic N) is 1. The van der Waals surface area contributed by atoms with Gasteiger partial charge in [0.25, 0.3) is 5.91 Å². The van der Waals surface area contributed by atoms with E-state index in [0.717, 1.165) is 6.08 Å². The Bertz CT molecular complexity index is 804. The third-order valence-electron chi connectivity index (χ3n) is 2.88. The first-order chi connectivity index (χ1) is 11.0. The van der Waals surface area contributed by atoms with Crippen molar-refractivity contribution < 1.29 is 18.4 Å². The molecule has 7 nitrogen and oxygen atoms in total. The Kier molecular flexibility index (Phi) is 5.58. The van der Waals surface area contributed by atoms with Crippen LogP contribution in [-0.2, 0) is 21.4 Å². The van der Waals surface area contributed by atoms with E-state index in [4.69, 9.17) is 5.21 Å². The maximum atomic E-state index is 12.3. The Hall–Kier alpha value is -2.55. The van der Waals surface area contributed by atoms with Gasteiger partial charge < -0.3 is 0 Å². The van der Waals surface area contributed by atoms with E-state index in [1.807, 2.05) is 0 Å². The van der Waals surface area contributed by atoms with Gasteiger partial charge in [0.15, 0.2) is 0 Å². The molecule has 8 heteroatoms. The number of hydrogen-bond acceptors (Lipinski definition) is 5. The van der Waals surface area contributed by atoms with Crippen LogP contribution in [0.1, 0.15) is 11.3 Å². The first kappa shape index (κ1) is 16.8. The molecule has 0 unspecified atom stereocenters. The number of hydrogen-bond donors (Lipinski definition) is 3. The van der Waals surface area contributed by atoms with Crippen molar-refractivity contribution in [2.75, 3.05) is 0 Å². The van der Waals surface area contributed by atoms with Crippen LogP contribution in [0.15, 0.2) is 59.6 Å². The largest absolute Gasteiger partial charge is 0.288 e. The summed E-state index contributed by atoms with van der Waals surface area (Å²) in [5, 5.41) is 8.41. The molecule has 0 bridgehead atoms. The molecule has 1 aromatic heterocycles. The van der Waals surface area contributed by atoms with Crippen molar-refractivity contribution in [1.29, 1.82) is 0 Å². The van der Waals surface area contributed by atoms with E-state index in [9.17, 15) is 13.2 Å². The zero-order valence-corrected chi connectivity index (χ0v) is 12.8. The van der Waals surface area contributed by atoms with Crippen LogP contribution in [0.4, 0.5) is 0 Å². The second kappa shape index (κ2) is 7.63. The van der Waals surface area contributed by atoms with Crippen molar-refractivity contribution in [1.82, 2.24) is 15.2 Å². The number of amides is 1. The molecular formula is C15H15N3O4S. The summed E-state index contributed by atoms with van der Waals surface area (Å²) in [4.78, 5) is 15.1. The quantitative estimate of drug-likeness (QED) is 0.416. The summed E-state index contributed by atoms with van der Waals surface area (Å²) in [6.07, 6.45) is 4.07. The molecule has 0 radical (unpaired) electrons. The molecule has 1 heterocycles. The number of nitrogens with one attached hydrogen (secondary N) is 2. The normalized spacial score (nSPS) is 11.5. The van der Waals surface area contributed by atoms with Crippen molar-refractivity contribution in [3.8, 4) is 0 Å². The molecule has 0 saturated heterocycles. The van der Waals surface area contributed by atoms with Crippen molar-refractivity contribution in [2.24, 2.45) is 0 Å². The van der Waals surface area contributed by atoms with Crippen LogP contribution in [0.3, 0.4) is 0 Å². The molecule has 120 valence electrons. The average Bonchev–Trinajstić information content (AvgIpc) is 2.59. The summed E-state index contributed by atoms with van der Waals surface area (Å²) in [5.41, 5.74) is 2.57. The highest BCUT2D eigenvalue weighted by Gasteiger charge is 2.14. The first-order valence-corrected chi connectivity index (χ1v) is 8.11. The van der Waals surface area contributed by atoms with Crippen LogP contribution in [0, 0.1) is 0 Å². The minimum absolute atomic E-state index is 0.0694. The highest BCUT2D eigenvalue weighted by atomic mass is 32.2. The lowest BCUT2D eigenvalue weighted by molar-refractivity contribution is -0.124. The number of carbonyl (C=O) groups excluding carboxylic acids is 1. The molecule has 0 saturated carbocycles. The van der Waals surface area contributed by atoms with Crippen molar-refractivity contribution in [3.63, 3.8) is 0 Å². The highest BCUT2D eigenvalue weighted by molar-refractivity contribution is 7.89. The Morgan fingerprint density at radius 2 is 2.04 bits per heavy atom. The highest BCUT2D eigenvalue weighted by Crippen LogP contribution is 2.13. The second-order valence-electron chi connectivity index (χ2n) is 4.53. The number of benzene rings is 1. The number of sulfonamides is 1. The van der Waals surface area contributed by atoms with Gasteiger partial charge in [-0.15, -0.1) is 0 Å². The molecule has 0 fully saturated rings. The molecule has 0 atom stereocenters. The second-order valence-corrected chi connectivity index (χ2v) is 6.29. The van der Waals surface area contributed by atoms with Gasteiger partial charge in [-0.05, 0) is 35.9 Å². The molecule has 1 amide bonds. The van der Waals surface area contributed by atoms with E-state index in [2.05, 4.69) is 9.71 Å². The van der Waals surface area contributed by atoms with Gasteiger partial charge in [-0.1, -0.05) is 18.2 Å². The molecule has 1 aromatic carbocycles. The zero-order chi connectivity index (χ0) is 16.7. The van der Waals surface area contributed by atoms with Gasteiger partial charge in [-0.25, -0.2) is 18.6 Å². The van der Waals surface area contributed by atoms with Crippen LogP contribution < -0.4 is 10.2 Å². The first-order valence-electron chi connectivity index (χ1n) is 6.63. The molecule has 0 aliphatic heterocycles. The maximum Gasteiger partial charge on any atom is 0.267 e. The Balaban J connectivity index is 2.13. The summed E-state index contributed by atoms with van der Waals surface area (Å²) in [5.74, 6) is -0.702. The Morgan fingerprint density at radius 1 is 1.22 bits per heavy atom. The number of hydroxylamine groups is 1. The number of pyridine rings is 1.